The molecule has 6 heteroatoms. The fourth-order valence-corrected chi connectivity index (χ4v) is 5.32. The van der Waals surface area contributed by atoms with Crippen LogP contribution in [0.4, 0.5) is 0 Å². The summed E-state index contributed by atoms with van der Waals surface area (Å²) in [6.45, 7) is 3.27. The van der Waals surface area contributed by atoms with E-state index in [1.54, 1.807) is 6.07 Å². The fourth-order valence-electron chi connectivity index (χ4n) is 2.70. The van der Waals surface area contributed by atoms with Crippen LogP contribution in [0.25, 0.3) is 0 Å². The van der Waals surface area contributed by atoms with E-state index in [0.29, 0.717) is 17.3 Å². The second kappa shape index (κ2) is 6.56. The first-order chi connectivity index (χ1) is 9.45. The second-order valence-electron chi connectivity index (χ2n) is 5.96. The smallest absolute Gasteiger partial charge is 0.250 e. The minimum atomic E-state index is -3.37. The molecule has 0 aliphatic heterocycles. The van der Waals surface area contributed by atoms with Crippen molar-refractivity contribution in [3.05, 3.63) is 17.0 Å². The lowest BCUT2D eigenvalue weighted by Gasteiger charge is -2.33. The Bertz CT molecular complexity index is 531. The Morgan fingerprint density at radius 1 is 1.30 bits per heavy atom. The normalized spacial score (nSPS) is 19.1. The Morgan fingerprint density at radius 3 is 2.65 bits per heavy atom. The Hall–Kier alpha value is -0.430. The summed E-state index contributed by atoms with van der Waals surface area (Å²) in [4.78, 5) is 1.02. The number of nitrogens with one attached hydrogen (secondary N) is 1. The highest BCUT2D eigenvalue weighted by atomic mass is 32.2. The number of hydrogen-bond donors (Lipinski definition) is 2. The quantitative estimate of drug-likeness (QED) is 0.847. The average Bonchev–Trinajstić information content (AvgIpc) is 2.88. The van der Waals surface area contributed by atoms with Crippen molar-refractivity contribution in [3.8, 4) is 0 Å². The van der Waals surface area contributed by atoms with Gasteiger partial charge >= 0.3 is 0 Å². The highest BCUT2D eigenvalue weighted by Gasteiger charge is 2.29. The van der Waals surface area contributed by atoms with Crippen molar-refractivity contribution in [2.75, 3.05) is 13.1 Å². The molecule has 0 saturated heterocycles. The number of sulfonamides is 1. The van der Waals surface area contributed by atoms with Gasteiger partial charge < -0.3 is 5.73 Å². The molecule has 0 radical (unpaired) electrons. The van der Waals surface area contributed by atoms with Crippen molar-refractivity contribution in [1.29, 1.82) is 0 Å². The third kappa shape index (κ3) is 4.04. The van der Waals surface area contributed by atoms with E-state index in [0.717, 1.165) is 24.1 Å². The maximum absolute atomic E-state index is 12.3. The summed E-state index contributed by atoms with van der Waals surface area (Å²) in [5.41, 5.74) is 5.61. The molecule has 4 nitrogen and oxygen atoms in total. The highest BCUT2D eigenvalue weighted by molar-refractivity contribution is 7.91. The Kier molecular flexibility index (Phi) is 5.23. The molecule has 2 rings (SSSR count). The molecule has 0 atom stereocenters. The maximum atomic E-state index is 12.3. The van der Waals surface area contributed by atoms with Gasteiger partial charge in [-0.3, -0.25) is 0 Å². The minimum Gasteiger partial charge on any atom is -0.330 e. The topological polar surface area (TPSA) is 72.2 Å². The van der Waals surface area contributed by atoms with Gasteiger partial charge in [-0.1, -0.05) is 26.2 Å². The van der Waals surface area contributed by atoms with Gasteiger partial charge in [-0.05, 0) is 43.4 Å². The standard InChI is InChI=1S/C14H24N2O2S2/c1-14(8-3-2-4-9-14)11-16-20(17,18)13-6-5-12(19-13)7-10-15/h5-6,16H,2-4,7-11,15H2,1H3. The molecule has 0 spiro atoms. The monoisotopic (exact) mass is 316 g/mol. The molecule has 0 aromatic carbocycles. The molecule has 3 N–H and O–H groups in total. The minimum absolute atomic E-state index is 0.114. The number of thiophene rings is 1. The maximum Gasteiger partial charge on any atom is 0.250 e. The number of rotatable bonds is 6. The fraction of sp³-hybridized carbons (Fsp3) is 0.714. The van der Waals surface area contributed by atoms with Crippen molar-refractivity contribution in [2.45, 2.75) is 49.7 Å². The van der Waals surface area contributed by atoms with Crippen LogP contribution in [0.3, 0.4) is 0 Å². The molecule has 1 saturated carbocycles. The van der Waals surface area contributed by atoms with E-state index in [1.165, 1.54) is 30.6 Å². The van der Waals surface area contributed by atoms with Crippen LogP contribution in [0.2, 0.25) is 0 Å². The molecule has 1 aromatic rings. The van der Waals surface area contributed by atoms with Crippen molar-refractivity contribution in [3.63, 3.8) is 0 Å². The molecule has 0 amide bonds. The van der Waals surface area contributed by atoms with Crippen LogP contribution < -0.4 is 10.5 Å². The summed E-state index contributed by atoms with van der Waals surface area (Å²) < 4.78 is 27.8. The van der Waals surface area contributed by atoms with Crippen LogP contribution in [0.15, 0.2) is 16.3 Å². The SMILES string of the molecule is CC1(CNS(=O)(=O)c2ccc(CCN)s2)CCCCC1. The van der Waals surface area contributed by atoms with Gasteiger partial charge in [-0.15, -0.1) is 11.3 Å². The third-order valence-corrected chi connectivity index (χ3v) is 7.08. The molecule has 1 fully saturated rings. The highest BCUT2D eigenvalue weighted by Crippen LogP contribution is 2.35. The molecule has 1 aliphatic carbocycles. The van der Waals surface area contributed by atoms with E-state index >= 15 is 0 Å². The van der Waals surface area contributed by atoms with Gasteiger partial charge in [0.1, 0.15) is 4.21 Å². The molecule has 0 unspecified atom stereocenters. The summed E-state index contributed by atoms with van der Waals surface area (Å²) in [7, 11) is -3.37. The summed E-state index contributed by atoms with van der Waals surface area (Å²) in [5.74, 6) is 0. The summed E-state index contributed by atoms with van der Waals surface area (Å²) >= 11 is 1.32. The molecule has 0 bridgehead atoms. The number of hydrogen-bond acceptors (Lipinski definition) is 4. The Labute approximate surface area is 125 Å². The molecular weight excluding hydrogens is 292 g/mol. The van der Waals surface area contributed by atoms with Gasteiger partial charge in [0.05, 0.1) is 0 Å². The molecule has 1 aromatic heterocycles. The zero-order chi connectivity index (χ0) is 14.6. The first-order valence-electron chi connectivity index (χ1n) is 7.24. The van der Waals surface area contributed by atoms with Crippen molar-refractivity contribution < 1.29 is 8.42 Å². The van der Waals surface area contributed by atoms with Crippen molar-refractivity contribution in [1.82, 2.24) is 4.72 Å². The largest absolute Gasteiger partial charge is 0.330 e. The molecule has 20 heavy (non-hydrogen) atoms. The number of nitrogens with two attached hydrogens (primary N) is 1. The van der Waals surface area contributed by atoms with E-state index in [9.17, 15) is 8.42 Å². The molecular formula is C14H24N2O2S2. The molecule has 1 aliphatic rings. The zero-order valence-electron chi connectivity index (χ0n) is 12.0. The lowest BCUT2D eigenvalue weighted by atomic mass is 9.76. The van der Waals surface area contributed by atoms with E-state index in [2.05, 4.69) is 11.6 Å². The zero-order valence-corrected chi connectivity index (χ0v) is 13.7. The van der Waals surface area contributed by atoms with E-state index in [-0.39, 0.29) is 5.41 Å². The molecule has 1 heterocycles. The van der Waals surface area contributed by atoms with Crippen molar-refractivity contribution in [2.24, 2.45) is 11.1 Å². The first-order valence-corrected chi connectivity index (χ1v) is 9.54. The Morgan fingerprint density at radius 2 is 2.00 bits per heavy atom. The van der Waals surface area contributed by atoms with Crippen LogP contribution in [-0.4, -0.2) is 21.5 Å². The predicted octanol–water partition coefficient (Wildman–Crippen LogP) is 2.50. The predicted molar refractivity (Wildman–Crippen MR) is 83.5 cm³/mol. The molecule has 114 valence electrons. The van der Waals surface area contributed by atoms with Gasteiger partial charge in [0.2, 0.25) is 10.0 Å². The first kappa shape index (κ1) is 15.9. The summed E-state index contributed by atoms with van der Waals surface area (Å²) in [5, 5.41) is 0. The second-order valence-corrected chi connectivity index (χ2v) is 9.12. The van der Waals surface area contributed by atoms with Gasteiger partial charge in [0.25, 0.3) is 0 Å². The average molecular weight is 316 g/mol. The summed E-state index contributed by atoms with van der Waals surface area (Å²) in [6.07, 6.45) is 6.64. The van der Waals surface area contributed by atoms with Crippen molar-refractivity contribution >= 4 is 21.4 Å². The lowest BCUT2D eigenvalue weighted by Crippen LogP contribution is -2.36. The third-order valence-electron chi connectivity index (χ3n) is 4.04. The lowest BCUT2D eigenvalue weighted by molar-refractivity contribution is 0.219. The summed E-state index contributed by atoms with van der Waals surface area (Å²) in [6, 6.07) is 3.54. The van der Waals surface area contributed by atoms with Gasteiger partial charge in [0.15, 0.2) is 0 Å². The van der Waals surface area contributed by atoms with E-state index in [1.807, 2.05) is 6.07 Å². The van der Waals surface area contributed by atoms with E-state index in [4.69, 9.17) is 5.73 Å². The van der Waals surface area contributed by atoms with Gasteiger partial charge in [-0.25, -0.2) is 13.1 Å². The van der Waals surface area contributed by atoms with Gasteiger partial charge in [-0.2, -0.15) is 0 Å². The van der Waals surface area contributed by atoms with Gasteiger partial charge in [0, 0.05) is 11.4 Å². The van der Waals surface area contributed by atoms with Crippen LogP contribution in [0, 0.1) is 5.41 Å². The van der Waals surface area contributed by atoms with E-state index < -0.39 is 10.0 Å². The van der Waals surface area contributed by atoms with Crippen LogP contribution in [0.1, 0.15) is 43.9 Å². The van der Waals surface area contributed by atoms with Crippen LogP contribution in [-0.2, 0) is 16.4 Å². The van der Waals surface area contributed by atoms with Crippen LogP contribution in [0.5, 0.6) is 0 Å². The van der Waals surface area contributed by atoms with Crippen LogP contribution >= 0.6 is 11.3 Å². The Balaban J connectivity index is 1.99.